The molecule has 0 aromatic carbocycles. The van der Waals surface area contributed by atoms with Crippen molar-refractivity contribution in [3.05, 3.63) is 12.7 Å². The normalized spacial score (nSPS) is 10.5. The maximum atomic E-state index is 4.60. The van der Waals surface area contributed by atoms with Crippen LogP contribution in [0.25, 0.3) is 5.84 Å². The van der Waals surface area contributed by atoms with Gasteiger partial charge in [0, 0.05) is 0 Å². The van der Waals surface area contributed by atoms with Crippen LogP contribution in [0.1, 0.15) is 0 Å². The second-order valence-corrected chi connectivity index (χ2v) is 1.33. The molecule has 0 saturated carbocycles. The van der Waals surface area contributed by atoms with Crippen molar-refractivity contribution in [2.24, 2.45) is 0 Å². The molecule has 0 aliphatic rings. The summed E-state index contributed by atoms with van der Waals surface area (Å²) in [6.07, 6.45) is 3.02. The van der Waals surface area contributed by atoms with Gasteiger partial charge in [0.1, 0.15) is 12.7 Å². The first-order chi connectivity index (χ1) is 3.97. The van der Waals surface area contributed by atoms with Crippen LogP contribution in [-0.4, -0.2) is 19.8 Å². The fourth-order valence-corrected chi connectivity index (χ4v) is 0.498. The average molecular weight is 110 g/mol. The fraction of sp³-hybridized carbons (Fsp3) is 0. The van der Waals surface area contributed by atoms with E-state index in [-0.39, 0.29) is 0 Å². The Morgan fingerprint density at radius 2 is 2.50 bits per heavy atom. The van der Waals surface area contributed by atoms with Crippen LogP contribution in [0.3, 0.4) is 0 Å². The molecule has 40 valence electrons. The topological polar surface area (TPSA) is 56.2 Å². The van der Waals surface area contributed by atoms with Crippen LogP contribution in [0.2, 0.25) is 0 Å². The third-order valence-electron chi connectivity index (χ3n) is 0.846. The van der Waals surface area contributed by atoms with Crippen molar-refractivity contribution in [2.75, 3.05) is 0 Å². The first kappa shape index (κ1) is 3.59. The van der Waals surface area contributed by atoms with Gasteiger partial charge in [-0.3, -0.25) is 0 Å². The van der Waals surface area contributed by atoms with Crippen LogP contribution in [0.4, 0.5) is 0 Å². The van der Waals surface area contributed by atoms with E-state index in [9.17, 15) is 0 Å². The molecule has 0 fully saturated rings. The molecule has 0 aliphatic heterocycles. The van der Waals surface area contributed by atoms with E-state index in [0.29, 0.717) is 5.84 Å². The molecule has 0 unspecified atom stereocenters. The largest absolute Gasteiger partial charge is 0.351 e. The predicted octanol–water partition coefficient (Wildman–Crippen LogP) is -0.283. The van der Waals surface area contributed by atoms with Crippen molar-refractivity contribution in [3.8, 4) is 0 Å². The van der Waals surface area contributed by atoms with E-state index in [0.717, 1.165) is 0 Å². The molecular weight excluding hydrogens is 108 g/mol. The van der Waals surface area contributed by atoms with Gasteiger partial charge in [0.15, 0.2) is 0 Å². The van der Waals surface area contributed by atoms with Crippen LogP contribution in [0.5, 0.6) is 0 Å². The fourth-order valence-electron chi connectivity index (χ4n) is 0.498. The van der Waals surface area contributed by atoms with E-state index >= 15 is 0 Å². The van der Waals surface area contributed by atoms with Crippen molar-refractivity contribution in [1.82, 2.24) is 19.8 Å². The summed E-state index contributed by atoms with van der Waals surface area (Å²) in [6.45, 7) is 0. The van der Waals surface area contributed by atoms with Gasteiger partial charge in [-0.25, -0.2) is 4.40 Å². The van der Waals surface area contributed by atoms with E-state index in [4.69, 9.17) is 0 Å². The lowest BCUT2D eigenvalue weighted by molar-refractivity contribution is 0.445. The number of aromatic nitrogens is 4. The summed E-state index contributed by atoms with van der Waals surface area (Å²) in [5.41, 5.74) is 0. The van der Waals surface area contributed by atoms with E-state index in [2.05, 4.69) is 19.9 Å². The summed E-state index contributed by atoms with van der Waals surface area (Å²) < 4.78 is 6.18. The van der Waals surface area contributed by atoms with Gasteiger partial charge in [-0.15, -0.1) is 5.10 Å². The number of fused-ring (bicyclic) bond motifs is 1. The lowest BCUT2D eigenvalue weighted by Gasteiger charge is -1.63. The standard InChI is InChI=1S/C3H2N4O/c1-4-6-3-7(1)2-5-8-3/h1-2H. The molecule has 0 atom stereocenters. The minimum atomic E-state index is 0.421. The van der Waals surface area contributed by atoms with Gasteiger partial charge < -0.3 is 4.52 Å². The molecule has 0 amide bonds. The number of rotatable bonds is 0. The summed E-state index contributed by atoms with van der Waals surface area (Å²) >= 11 is 0. The second kappa shape index (κ2) is 1.06. The van der Waals surface area contributed by atoms with Crippen LogP contribution >= 0.6 is 0 Å². The molecule has 2 aromatic heterocycles. The van der Waals surface area contributed by atoms with E-state index in [1.807, 2.05) is 0 Å². The molecular formula is C3H2N4O. The Labute approximate surface area is 43.9 Å². The van der Waals surface area contributed by atoms with Gasteiger partial charge in [0.25, 0.3) is 0 Å². The summed E-state index contributed by atoms with van der Waals surface area (Å²) in [7, 11) is 0. The van der Waals surface area contributed by atoms with Gasteiger partial charge in [0.05, 0.1) is 0 Å². The SMILES string of the molecule is c1nnc2oncn12. The van der Waals surface area contributed by atoms with Gasteiger partial charge in [-0.2, -0.15) is 0 Å². The highest BCUT2D eigenvalue weighted by atomic mass is 16.5. The molecule has 0 radical (unpaired) electrons. The summed E-state index contributed by atoms with van der Waals surface area (Å²) in [5.74, 6) is 0.421. The Balaban J connectivity index is 3.06. The molecule has 0 spiro atoms. The smallest absolute Gasteiger partial charge is 0.313 e. The zero-order valence-corrected chi connectivity index (χ0v) is 3.85. The van der Waals surface area contributed by atoms with Crippen LogP contribution in [-0.2, 0) is 0 Å². The lowest BCUT2D eigenvalue weighted by atomic mass is 11.1. The maximum absolute atomic E-state index is 4.60. The van der Waals surface area contributed by atoms with Crippen molar-refractivity contribution in [2.45, 2.75) is 0 Å². The number of nitrogens with zero attached hydrogens (tertiary/aromatic N) is 4. The molecule has 5 nitrogen and oxygen atoms in total. The van der Waals surface area contributed by atoms with Gasteiger partial charge in [0.2, 0.25) is 0 Å². The molecule has 0 aliphatic carbocycles. The summed E-state index contributed by atoms with van der Waals surface area (Å²) in [5, 5.41) is 10.5. The first-order valence-electron chi connectivity index (χ1n) is 2.07. The van der Waals surface area contributed by atoms with Crippen LogP contribution in [0, 0.1) is 0 Å². The van der Waals surface area contributed by atoms with Crippen LogP contribution in [0.15, 0.2) is 17.2 Å². The van der Waals surface area contributed by atoms with Gasteiger partial charge in [-0.1, -0.05) is 10.3 Å². The highest BCUT2D eigenvalue weighted by Gasteiger charge is 1.93. The van der Waals surface area contributed by atoms with Crippen molar-refractivity contribution >= 4 is 5.84 Å². The Hall–Kier alpha value is -1.39. The molecule has 0 saturated heterocycles. The minimum Gasteiger partial charge on any atom is -0.313 e. The van der Waals surface area contributed by atoms with Crippen molar-refractivity contribution < 1.29 is 4.52 Å². The highest BCUT2D eigenvalue weighted by molar-refractivity contribution is 5.14. The van der Waals surface area contributed by atoms with Crippen molar-refractivity contribution in [3.63, 3.8) is 0 Å². The Bertz CT molecular complexity index is 233. The first-order valence-corrected chi connectivity index (χ1v) is 2.07. The number of hydrogen-bond acceptors (Lipinski definition) is 4. The second-order valence-electron chi connectivity index (χ2n) is 1.33. The third-order valence-corrected chi connectivity index (χ3v) is 0.846. The lowest BCUT2D eigenvalue weighted by Crippen LogP contribution is -1.67. The van der Waals surface area contributed by atoms with Crippen molar-refractivity contribution in [1.29, 1.82) is 0 Å². The third kappa shape index (κ3) is 0.281. The highest BCUT2D eigenvalue weighted by Crippen LogP contribution is 1.91. The molecule has 0 N–H and O–H groups in total. The zero-order chi connectivity index (χ0) is 5.40. The Morgan fingerprint density at radius 1 is 1.50 bits per heavy atom. The molecule has 2 heterocycles. The summed E-state index contributed by atoms with van der Waals surface area (Å²) in [4.78, 5) is 0. The molecule has 8 heavy (non-hydrogen) atoms. The van der Waals surface area contributed by atoms with E-state index < -0.39 is 0 Å². The monoisotopic (exact) mass is 110 g/mol. The van der Waals surface area contributed by atoms with Gasteiger partial charge in [-0.05, 0) is 0 Å². The van der Waals surface area contributed by atoms with E-state index in [1.165, 1.54) is 12.7 Å². The number of hydrogen-bond donors (Lipinski definition) is 0. The summed E-state index contributed by atoms with van der Waals surface area (Å²) in [6, 6.07) is 0. The minimum absolute atomic E-state index is 0.421. The zero-order valence-electron chi connectivity index (χ0n) is 3.85. The quantitative estimate of drug-likeness (QED) is 0.468. The molecule has 2 rings (SSSR count). The maximum Gasteiger partial charge on any atom is 0.351 e. The van der Waals surface area contributed by atoms with E-state index in [1.54, 1.807) is 4.40 Å². The Morgan fingerprint density at radius 3 is 3.38 bits per heavy atom. The van der Waals surface area contributed by atoms with Gasteiger partial charge >= 0.3 is 5.84 Å². The van der Waals surface area contributed by atoms with Crippen LogP contribution < -0.4 is 0 Å². The predicted molar refractivity (Wildman–Crippen MR) is 23.0 cm³/mol. The molecule has 2 aromatic rings. The molecule has 5 heteroatoms. The molecule has 0 bridgehead atoms. The average Bonchev–Trinajstić information content (AvgIpc) is 2.15. The Kier molecular flexibility index (Phi) is 0.476.